The first-order chi connectivity index (χ1) is 15.0. The zero-order valence-corrected chi connectivity index (χ0v) is 19.5. The zero-order valence-electron chi connectivity index (χ0n) is 17.8. The Labute approximate surface area is 188 Å². The Morgan fingerprint density at radius 3 is 2.44 bits per heavy atom. The first kappa shape index (κ1) is 24.0. The topological polar surface area (TPSA) is 130 Å². The molecule has 0 spiro atoms. The fourth-order valence-corrected chi connectivity index (χ4v) is 6.14. The van der Waals surface area contributed by atoms with Crippen molar-refractivity contribution in [2.24, 2.45) is 0 Å². The van der Waals surface area contributed by atoms with Crippen LogP contribution in [0.15, 0.2) is 53.4 Å². The van der Waals surface area contributed by atoms with Crippen molar-refractivity contribution in [3.8, 4) is 0 Å². The predicted octanol–water partition coefficient (Wildman–Crippen LogP) is 2.65. The smallest absolute Gasteiger partial charge is 0.293 e. The number of nitrogens with one attached hydrogen (secondary N) is 1. The van der Waals surface area contributed by atoms with E-state index in [9.17, 15) is 26.9 Å². The number of nitro benzene ring substituents is 1. The first-order valence-corrected chi connectivity index (χ1v) is 13.4. The second kappa shape index (κ2) is 9.43. The third-order valence-electron chi connectivity index (χ3n) is 5.30. The molecule has 3 rings (SSSR count). The molecule has 0 aromatic heterocycles. The molecule has 1 aliphatic rings. The molecule has 1 saturated heterocycles. The van der Waals surface area contributed by atoms with Crippen molar-refractivity contribution in [2.45, 2.75) is 30.7 Å². The van der Waals surface area contributed by atoms with E-state index in [4.69, 9.17) is 0 Å². The fraction of sp³-hybridized carbons (Fsp3) is 0.400. The van der Waals surface area contributed by atoms with Crippen molar-refractivity contribution in [1.29, 1.82) is 0 Å². The fourth-order valence-electron chi connectivity index (χ4n) is 3.74. The molecule has 1 atom stereocenters. The Balaban J connectivity index is 1.91. The van der Waals surface area contributed by atoms with Crippen molar-refractivity contribution in [3.63, 3.8) is 0 Å². The minimum atomic E-state index is -4.02. The minimum absolute atomic E-state index is 0.150. The minimum Gasteiger partial charge on any atom is -0.375 e. The molecule has 1 fully saturated rings. The van der Waals surface area contributed by atoms with Crippen LogP contribution in [0.2, 0.25) is 0 Å². The van der Waals surface area contributed by atoms with Crippen LogP contribution in [0.4, 0.5) is 17.1 Å². The Bertz CT molecular complexity index is 1190. The summed E-state index contributed by atoms with van der Waals surface area (Å²) >= 11 is 0. The number of sulfonamides is 2. The largest absolute Gasteiger partial charge is 0.375 e. The van der Waals surface area contributed by atoms with E-state index >= 15 is 0 Å². The summed E-state index contributed by atoms with van der Waals surface area (Å²) in [6, 6.07) is 11.9. The highest BCUT2D eigenvalue weighted by atomic mass is 32.2. The highest BCUT2D eigenvalue weighted by Crippen LogP contribution is 2.32. The van der Waals surface area contributed by atoms with E-state index in [-0.39, 0.29) is 35.4 Å². The van der Waals surface area contributed by atoms with Gasteiger partial charge in [-0.3, -0.25) is 14.4 Å². The van der Waals surface area contributed by atoms with E-state index in [2.05, 4.69) is 5.32 Å². The molecule has 0 bridgehead atoms. The van der Waals surface area contributed by atoms with Crippen LogP contribution in [-0.4, -0.2) is 58.0 Å². The van der Waals surface area contributed by atoms with Gasteiger partial charge in [0.25, 0.3) is 15.7 Å². The summed E-state index contributed by atoms with van der Waals surface area (Å²) in [6.07, 6.45) is 2.39. The van der Waals surface area contributed by atoms with Crippen molar-refractivity contribution in [1.82, 2.24) is 4.31 Å². The maximum Gasteiger partial charge on any atom is 0.293 e. The van der Waals surface area contributed by atoms with Gasteiger partial charge in [-0.2, -0.15) is 0 Å². The summed E-state index contributed by atoms with van der Waals surface area (Å²) in [7, 11) is -7.39. The van der Waals surface area contributed by atoms with Crippen molar-refractivity contribution in [3.05, 3.63) is 58.6 Å². The third-order valence-corrected chi connectivity index (χ3v) is 8.47. The van der Waals surface area contributed by atoms with Gasteiger partial charge in [-0.05, 0) is 44.0 Å². The average Bonchev–Trinajstić information content (AvgIpc) is 2.74. The molecule has 2 aromatic rings. The second-order valence-electron chi connectivity index (χ2n) is 7.55. The molecule has 0 aliphatic carbocycles. The van der Waals surface area contributed by atoms with E-state index in [1.54, 1.807) is 37.3 Å². The Morgan fingerprint density at radius 1 is 1.16 bits per heavy atom. The lowest BCUT2D eigenvalue weighted by molar-refractivity contribution is -0.384. The maximum atomic E-state index is 13.2. The van der Waals surface area contributed by atoms with Gasteiger partial charge in [0.1, 0.15) is 5.69 Å². The van der Waals surface area contributed by atoms with Gasteiger partial charge in [0.2, 0.25) is 10.0 Å². The molecule has 2 aromatic carbocycles. The number of piperidine rings is 1. The Kier molecular flexibility index (Phi) is 7.06. The molecule has 1 unspecified atom stereocenters. The van der Waals surface area contributed by atoms with Gasteiger partial charge in [0.05, 0.1) is 21.8 Å². The Morgan fingerprint density at radius 2 is 1.84 bits per heavy atom. The summed E-state index contributed by atoms with van der Waals surface area (Å²) in [5.74, 6) is 0. The molecule has 32 heavy (non-hydrogen) atoms. The number of benzene rings is 2. The molecule has 10 nitrogen and oxygen atoms in total. The highest BCUT2D eigenvalue weighted by Gasteiger charge is 2.30. The number of anilines is 2. The predicted molar refractivity (Wildman–Crippen MR) is 123 cm³/mol. The van der Waals surface area contributed by atoms with Crippen LogP contribution in [0.1, 0.15) is 19.8 Å². The molecular weight excluding hydrogens is 456 g/mol. The lowest BCUT2D eigenvalue weighted by Gasteiger charge is -2.31. The molecule has 0 radical (unpaired) electrons. The van der Waals surface area contributed by atoms with Crippen LogP contribution in [-0.2, 0) is 20.0 Å². The third kappa shape index (κ3) is 5.19. The average molecular weight is 483 g/mol. The van der Waals surface area contributed by atoms with Crippen LogP contribution >= 0.6 is 0 Å². The normalized spacial score (nSPS) is 17.6. The quantitative estimate of drug-likeness (QED) is 0.452. The van der Waals surface area contributed by atoms with Gasteiger partial charge < -0.3 is 5.32 Å². The maximum absolute atomic E-state index is 13.2. The van der Waals surface area contributed by atoms with Crippen molar-refractivity contribution >= 4 is 37.1 Å². The van der Waals surface area contributed by atoms with Crippen molar-refractivity contribution < 1.29 is 21.8 Å². The van der Waals surface area contributed by atoms with Gasteiger partial charge in [-0.1, -0.05) is 18.2 Å². The summed E-state index contributed by atoms with van der Waals surface area (Å²) in [5.41, 5.74) is 0.228. The number of nitrogens with zero attached hydrogens (tertiary/aromatic N) is 3. The lowest BCUT2D eigenvalue weighted by atomic mass is 10.1. The van der Waals surface area contributed by atoms with Crippen LogP contribution < -0.4 is 9.62 Å². The van der Waals surface area contributed by atoms with E-state index in [1.165, 1.54) is 20.7 Å². The highest BCUT2D eigenvalue weighted by molar-refractivity contribution is 7.92. The molecule has 174 valence electrons. The number of para-hydroxylation sites is 1. The van der Waals surface area contributed by atoms with Gasteiger partial charge in [0, 0.05) is 31.7 Å². The molecule has 0 saturated carbocycles. The Hall–Kier alpha value is -2.70. The summed E-state index contributed by atoms with van der Waals surface area (Å²) in [5, 5.41) is 14.8. The van der Waals surface area contributed by atoms with Crippen LogP contribution in [0.25, 0.3) is 0 Å². The molecule has 1 aliphatic heterocycles. The molecular formula is C20H26N4O6S2. The van der Waals surface area contributed by atoms with E-state index in [0.29, 0.717) is 25.1 Å². The van der Waals surface area contributed by atoms with Gasteiger partial charge in [-0.15, -0.1) is 0 Å². The monoisotopic (exact) mass is 482 g/mol. The van der Waals surface area contributed by atoms with Crippen LogP contribution in [0.3, 0.4) is 0 Å². The number of hydrogen-bond donors (Lipinski definition) is 1. The summed E-state index contributed by atoms with van der Waals surface area (Å²) in [4.78, 5) is 10.9. The zero-order chi connectivity index (χ0) is 23.5. The molecule has 1 N–H and O–H groups in total. The standard InChI is InChI=1S/C20H26N4O6S2/c1-3-23(17-9-5-4-6-10-17)32(29,30)18-11-12-19(20(14-18)24(25)26)21-16-8-7-13-22(15-16)31(2,27)28/h4-6,9-12,14,16,21H,3,7-8,13,15H2,1-2H3. The van der Waals surface area contributed by atoms with Gasteiger partial charge in [0.15, 0.2) is 0 Å². The number of hydrogen-bond acceptors (Lipinski definition) is 7. The van der Waals surface area contributed by atoms with E-state index in [1.807, 2.05) is 0 Å². The first-order valence-electron chi connectivity index (χ1n) is 10.1. The number of rotatable bonds is 8. The SMILES string of the molecule is CCN(c1ccccc1)S(=O)(=O)c1ccc(NC2CCCN(S(C)(=O)=O)C2)c([N+](=O)[O-])c1. The van der Waals surface area contributed by atoms with Gasteiger partial charge in [-0.25, -0.2) is 21.1 Å². The van der Waals surface area contributed by atoms with Crippen molar-refractivity contribution in [2.75, 3.05) is 35.5 Å². The summed E-state index contributed by atoms with van der Waals surface area (Å²) < 4.78 is 52.6. The van der Waals surface area contributed by atoms with E-state index < -0.39 is 25.0 Å². The molecule has 1 heterocycles. The second-order valence-corrected chi connectivity index (χ2v) is 11.4. The van der Waals surface area contributed by atoms with E-state index in [0.717, 1.165) is 12.3 Å². The molecule has 0 amide bonds. The summed E-state index contributed by atoms with van der Waals surface area (Å²) in [6.45, 7) is 2.44. The lowest BCUT2D eigenvalue weighted by Crippen LogP contribution is -2.44. The van der Waals surface area contributed by atoms with Gasteiger partial charge >= 0.3 is 0 Å². The van der Waals surface area contributed by atoms with Crippen LogP contribution in [0.5, 0.6) is 0 Å². The molecule has 12 heteroatoms. The number of nitro groups is 1. The van der Waals surface area contributed by atoms with Crippen LogP contribution in [0, 0.1) is 10.1 Å².